The van der Waals surface area contributed by atoms with Crippen molar-refractivity contribution < 1.29 is 0 Å². The lowest BCUT2D eigenvalue weighted by Crippen LogP contribution is -2.35. The van der Waals surface area contributed by atoms with Gasteiger partial charge in [0.15, 0.2) is 0 Å². The van der Waals surface area contributed by atoms with Crippen molar-refractivity contribution in [3.63, 3.8) is 0 Å². The van der Waals surface area contributed by atoms with Crippen LogP contribution in [0.3, 0.4) is 0 Å². The molecule has 0 spiro atoms. The number of rotatable bonds is 5. The number of hydrogen-bond acceptors (Lipinski definition) is 2. The second-order valence-corrected chi connectivity index (χ2v) is 6.79. The molecule has 1 unspecified atom stereocenters. The summed E-state index contributed by atoms with van der Waals surface area (Å²) >= 11 is 0. The SMILES string of the molecule is CN(C)CCN(c1ccccc1)C1CCCCc2ccccc21.Cl.Cl. The van der Waals surface area contributed by atoms with Crippen LogP contribution in [0.5, 0.6) is 0 Å². The van der Waals surface area contributed by atoms with Gasteiger partial charge in [-0.25, -0.2) is 0 Å². The maximum absolute atomic E-state index is 2.62. The van der Waals surface area contributed by atoms with Gasteiger partial charge in [0, 0.05) is 18.8 Å². The number of nitrogens with zero attached hydrogens (tertiary/aromatic N) is 2. The zero-order valence-electron chi connectivity index (χ0n) is 15.2. The zero-order chi connectivity index (χ0) is 16.1. The first-order valence-corrected chi connectivity index (χ1v) is 8.80. The molecule has 0 heterocycles. The van der Waals surface area contributed by atoms with Crippen molar-refractivity contribution in [3.8, 4) is 0 Å². The lowest BCUT2D eigenvalue weighted by molar-refractivity contribution is 0.401. The van der Waals surface area contributed by atoms with Crippen LogP contribution in [0.1, 0.15) is 36.4 Å². The molecule has 4 heteroatoms. The minimum absolute atomic E-state index is 0. The van der Waals surface area contributed by atoms with E-state index in [-0.39, 0.29) is 24.8 Å². The molecule has 2 aromatic carbocycles. The molecule has 0 radical (unpaired) electrons. The van der Waals surface area contributed by atoms with E-state index in [1.54, 1.807) is 5.56 Å². The lowest BCUT2D eigenvalue weighted by atomic mass is 9.97. The molecule has 0 N–H and O–H groups in total. The van der Waals surface area contributed by atoms with Gasteiger partial charge in [0.1, 0.15) is 0 Å². The van der Waals surface area contributed by atoms with E-state index >= 15 is 0 Å². The van der Waals surface area contributed by atoms with E-state index in [2.05, 4.69) is 78.5 Å². The normalized spacial score (nSPS) is 16.2. The molecule has 1 aliphatic rings. The van der Waals surface area contributed by atoms with Crippen molar-refractivity contribution in [3.05, 3.63) is 65.7 Å². The van der Waals surface area contributed by atoms with Crippen LogP contribution in [-0.4, -0.2) is 32.1 Å². The molecule has 0 aliphatic heterocycles. The van der Waals surface area contributed by atoms with E-state index in [0.29, 0.717) is 6.04 Å². The van der Waals surface area contributed by atoms with Gasteiger partial charge >= 0.3 is 0 Å². The van der Waals surface area contributed by atoms with Crippen molar-refractivity contribution in [2.24, 2.45) is 0 Å². The van der Waals surface area contributed by atoms with Crippen LogP contribution in [0.4, 0.5) is 5.69 Å². The predicted molar refractivity (Wildman–Crippen MR) is 114 cm³/mol. The first-order chi connectivity index (χ1) is 11.3. The second kappa shape index (κ2) is 10.7. The van der Waals surface area contributed by atoms with Crippen LogP contribution in [0, 0.1) is 0 Å². The largest absolute Gasteiger partial charge is 0.363 e. The molecule has 1 atom stereocenters. The van der Waals surface area contributed by atoms with Crippen LogP contribution < -0.4 is 4.90 Å². The van der Waals surface area contributed by atoms with Crippen molar-refractivity contribution >= 4 is 30.5 Å². The highest BCUT2D eigenvalue weighted by Gasteiger charge is 2.24. The summed E-state index contributed by atoms with van der Waals surface area (Å²) in [5.74, 6) is 0. The molecular weight excluding hydrogens is 351 g/mol. The number of para-hydroxylation sites is 1. The Labute approximate surface area is 165 Å². The number of fused-ring (bicyclic) bond motifs is 1. The molecule has 2 nitrogen and oxygen atoms in total. The summed E-state index contributed by atoms with van der Waals surface area (Å²) in [7, 11) is 4.31. The molecule has 0 aromatic heterocycles. The summed E-state index contributed by atoms with van der Waals surface area (Å²) in [6, 6.07) is 20.5. The van der Waals surface area contributed by atoms with Crippen molar-refractivity contribution in [2.45, 2.75) is 31.7 Å². The molecule has 0 bridgehead atoms. The van der Waals surface area contributed by atoms with E-state index in [0.717, 1.165) is 13.1 Å². The van der Waals surface area contributed by atoms with Crippen LogP contribution >= 0.6 is 24.8 Å². The Morgan fingerprint density at radius 1 is 0.840 bits per heavy atom. The van der Waals surface area contributed by atoms with Crippen molar-refractivity contribution in [1.29, 1.82) is 0 Å². The maximum Gasteiger partial charge on any atom is 0.0545 e. The van der Waals surface area contributed by atoms with E-state index in [4.69, 9.17) is 0 Å². The summed E-state index contributed by atoms with van der Waals surface area (Å²) in [4.78, 5) is 4.89. The minimum atomic E-state index is 0. The second-order valence-electron chi connectivity index (χ2n) is 6.79. The van der Waals surface area contributed by atoms with Gasteiger partial charge in [-0.2, -0.15) is 0 Å². The fourth-order valence-corrected chi connectivity index (χ4v) is 3.61. The van der Waals surface area contributed by atoms with Gasteiger partial charge in [-0.3, -0.25) is 0 Å². The summed E-state index contributed by atoms with van der Waals surface area (Å²) in [6.45, 7) is 2.14. The van der Waals surface area contributed by atoms with Gasteiger partial charge in [-0.1, -0.05) is 48.9 Å². The molecule has 3 rings (SSSR count). The topological polar surface area (TPSA) is 6.48 Å². The zero-order valence-corrected chi connectivity index (χ0v) is 16.9. The highest BCUT2D eigenvalue weighted by molar-refractivity contribution is 5.85. The third-order valence-corrected chi connectivity index (χ3v) is 4.84. The summed E-state index contributed by atoms with van der Waals surface area (Å²) in [6.07, 6.45) is 5.09. The smallest absolute Gasteiger partial charge is 0.0545 e. The third-order valence-electron chi connectivity index (χ3n) is 4.84. The highest BCUT2D eigenvalue weighted by atomic mass is 35.5. The van der Waals surface area contributed by atoms with E-state index < -0.39 is 0 Å². The molecule has 2 aromatic rings. The average Bonchev–Trinajstić information content (AvgIpc) is 2.79. The van der Waals surface area contributed by atoms with Crippen LogP contribution in [-0.2, 0) is 6.42 Å². The fourth-order valence-electron chi connectivity index (χ4n) is 3.61. The number of likely N-dealkylation sites (N-methyl/N-ethyl adjacent to an activating group) is 1. The first kappa shape index (κ1) is 21.8. The summed E-state index contributed by atoms with van der Waals surface area (Å²) in [5.41, 5.74) is 4.42. The van der Waals surface area contributed by atoms with Crippen LogP contribution in [0.15, 0.2) is 54.6 Å². The standard InChI is InChI=1S/C21H28N2.2ClH/c1-22(2)16-17-23(19-12-4-3-5-13-19)21-15-9-7-11-18-10-6-8-14-20(18)21;;/h3-6,8,10,12-14,21H,7,9,11,15-17H2,1-2H3;2*1H. The van der Waals surface area contributed by atoms with Gasteiger partial charge in [0.05, 0.1) is 6.04 Å². The third kappa shape index (κ3) is 5.64. The molecule has 0 amide bonds. The Bertz CT molecular complexity index is 616. The molecule has 0 fully saturated rings. The Morgan fingerprint density at radius 2 is 1.52 bits per heavy atom. The summed E-state index contributed by atoms with van der Waals surface area (Å²) in [5, 5.41) is 0. The Hall–Kier alpha value is -1.22. The van der Waals surface area contributed by atoms with Crippen LogP contribution in [0.25, 0.3) is 0 Å². The van der Waals surface area contributed by atoms with Gasteiger partial charge in [-0.15, -0.1) is 24.8 Å². The molecule has 0 saturated heterocycles. The Kier molecular flexibility index (Phi) is 9.34. The number of benzene rings is 2. The van der Waals surface area contributed by atoms with E-state index in [9.17, 15) is 0 Å². The number of halogens is 2. The lowest BCUT2D eigenvalue weighted by Gasteiger charge is -2.35. The Balaban J connectivity index is 0.00000156. The molecule has 138 valence electrons. The first-order valence-electron chi connectivity index (χ1n) is 8.80. The molecule has 0 saturated carbocycles. The van der Waals surface area contributed by atoms with Crippen LogP contribution in [0.2, 0.25) is 0 Å². The molecular formula is C21H30Cl2N2. The van der Waals surface area contributed by atoms with Gasteiger partial charge in [0.25, 0.3) is 0 Å². The Morgan fingerprint density at radius 3 is 2.24 bits per heavy atom. The predicted octanol–water partition coefficient (Wildman–Crippen LogP) is 5.37. The van der Waals surface area contributed by atoms with Gasteiger partial charge in [0.2, 0.25) is 0 Å². The van der Waals surface area contributed by atoms with Gasteiger partial charge < -0.3 is 9.80 Å². The summed E-state index contributed by atoms with van der Waals surface area (Å²) < 4.78 is 0. The molecule has 1 aliphatic carbocycles. The number of anilines is 1. The number of aryl methyl sites for hydroxylation is 1. The maximum atomic E-state index is 2.62. The van der Waals surface area contributed by atoms with Gasteiger partial charge in [-0.05, 0) is 56.6 Å². The van der Waals surface area contributed by atoms with Crippen molar-refractivity contribution in [1.82, 2.24) is 4.90 Å². The quantitative estimate of drug-likeness (QED) is 0.643. The minimum Gasteiger partial charge on any atom is -0.363 e. The monoisotopic (exact) mass is 380 g/mol. The highest BCUT2D eigenvalue weighted by Crippen LogP contribution is 2.35. The van der Waals surface area contributed by atoms with E-state index in [1.807, 2.05) is 0 Å². The van der Waals surface area contributed by atoms with Crippen molar-refractivity contribution in [2.75, 3.05) is 32.1 Å². The average molecular weight is 381 g/mol. The van der Waals surface area contributed by atoms with E-state index in [1.165, 1.54) is 36.9 Å². The number of hydrogen-bond donors (Lipinski definition) is 0. The fraction of sp³-hybridized carbons (Fsp3) is 0.429. The molecule has 25 heavy (non-hydrogen) atoms.